The van der Waals surface area contributed by atoms with E-state index in [1.165, 1.54) is 5.56 Å². The van der Waals surface area contributed by atoms with E-state index in [4.69, 9.17) is 11.6 Å². The topological polar surface area (TPSA) is 16.1 Å². The first-order chi connectivity index (χ1) is 6.77. The summed E-state index contributed by atoms with van der Waals surface area (Å²) in [6.07, 6.45) is 2.97. The molecule has 0 saturated heterocycles. The summed E-state index contributed by atoms with van der Waals surface area (Å²) in [5.41, 5.74) is 1.24. The lowest BCUT2D eigenvalue weighted by molar-refractivity contribution is 0.780. The molecule has 0 fully saturated rings. The molecule has 0 amide bonds. The number of hydrogen-bond donors (Lipinski definition) is 0. The Morgan fingerprint density at radius 2 is 2.21 bits per heavy atom. The van der Waals surface area contributed by atoms with Crippen LogP contribution < -0.4 is 4.90 Å². The Morgan fingerprint density at radius 3 is 2.79 bits per heavy atom. The fraction of sp³-hybridized carbons (Fsp3) is 0.545. The first-order valence-electron chi connectivity index (χ1n) is 5.01. The van der Waals surface area contributed by atoms with E-state index in [9.17, 15) is 0 Å². The summed E-state index contributed by atoms with van der Waals surface area (Å²) in [4.78, 5) is 6.57. The molecule has 1 aromatic heterocycles. The maximum atomic E-state index is 5.75. The van der Waals surface area contributed by atoms with Crippen molar-refractivity contribution < 1.29 is 0 Å². The third-order valence-corrected chi connectivity index (χ3v) is 2.24. The van der Waals surface area contributed by atoms with Crippen LogP contribution in [0.15, 0.2) is 18.3 Å². The summed E-state index contributed by atoms with van der Waals surface area (Å²) in [6, 6.07) is 4.11. The van der Waals surface area contributed by atoms with Crippen molar-refractivity contribution in [3.63, 3.8) is 0 Å². The minimum absolute atomic E-state index is 0.648. The van der Waals surface area contributed by atoms with Gasteiger partial charge in [0.15, 0.2) is 0 Å². The summed E-state index contributed by atoms with van der Waals surface area (Å²) in [5.74, 6) is 1.68. The van der Waals surface area contributed by atoms with Gasteiger partial charge in [0.1, 0.15) is 5.82 Å². The standard InChI is InChI=1S/C11H17ClN2/c1-3-7-14(8-5-12)11-9-10(2)4-6-13-11/h4,6,9H,3,5,7-8H2,1-2H3. The van der Waals surface area contributed by atoms with Crippen LogP contribution in [0.5, 0.6) is 0 Å². The Labute approximate surface area is 90.9 Å². The van der Waals surface area contributed by atoms with Crippen molar-refractivity contribution in [3.8, 4) is 0 Å². The van der Waals surface area contributed by atoms with E-state index < -0.39 is 0 Å². The number of aromatic nitrogens is 1. The number of rotatable bonds is 5. The van der Waals surface area contributed by atoms with Crippen LogP contribution in [0.3, 0.4) is 0 Å². The van der Waals surface area contributed by atoms with Gasteiger partial charge >= 0.3 is 0 Å². The molecule has 1 heterocycles. The lowest BCUT2D eigenvalue weighted by Crippen LogP contribution is -2.27. The van der Waals surface area contributed by atoms with Crippen LogP contribution >= 0.6 is 11.6 Å². The van der Waals surface area contributed by atoms with E-state index in [1.807, 2.05) is 12.3 Å². The zero-order chi connectivity index (χ0) is 10.4. The third kappa shape index (κ3) is 3.18. The summed E-state index contributed by atoms with van der Waals surface area (Å²) in [5, 5.41) is 0. The van der Waals surface area contributed by atoms with Crippen molar-refractivity contribution in [2.45, 2.75) is 20.3 Å². The van der Waals surface area contributed by atoms with Crippen LogP contribution in [0.1, 0.15) is 18.9 Å². The second-order valence-corrected chi connectivity index (χ2v) is 3.75. The van der Waals surface area contributed by atoms with Gasteiger partial charge in [-0.3, -0.25) is 0 Å². The molecule has 0 aliphatic carbocycles. The SMILES string of the molecule is CCCN(CCCl)c1cc(C)ccn1. The predicted molar refractivity (Wildman–Crippen MR) is 62.2 cm³/mol. The highest BCUT2D eigenvalue weighted by Crippen LogP contribution is 2.12. The molecular weight excluding hydrogens is 196 g/mol. The average molecular weight is 213 g/mol. The maximum Gasteiger partial charge on any atom is 0.128 e. The number of pyridine rings is 1. The molecule has 0 aromatic carbocycles. The summed E-state index contributed by atoms with van der Waals surface area (Å²) in [7, 11) is 0. The van der Waals surface area contributed by atoms with Crippen LogP contribution in [0.4, 0.5) is 5.82 Å². The van der Waals surface area contributed by atoms with Gasteiger partial charge in [0.05, 0.1) is 0 Å². The van der Waals surface area contributed by atoms with E-state index in [0.29, 0.717) is 5.88 Å². The predicted octanol–water partition coefficient (Wildman–Crippen LogP) is 2.85. The molecule has 78 valence electrons. The highest BCUT2D eigenvalue weighted by molar-refractivity contribution is 6.18. The molecule has 0 bridgehead atoms. The first kappa shape index (κ1) is 11.3. The third-order valence-electron chi connectivity index (χ3n) is 2.07. The first-order valence-corrected chi connectivity index (χ1v) is 5.55. The van der Waals surface area contributed by atoms with Gasteiger partial charge < -0.3 is 4.90 Å². The number of aryl methyl sites for hydroxylation is 1. The number of alkyl halides is 1. The van der Waals surface area contributed by atoms with Crippen molar-refractivity contribution in [2.24, 2.45) is 0 Å². The number of anilines is 1. The minimum Gasteiger partial charge on any atom is -0.355 e. The highest BCUT2D eigenvalue weighted by Gasteiger charge is 2.05. The van der Waals surface area contributed by atoms with Crippen molar-refractivity contribution in [2.75, 3.05) is 23.9 Å². The fourth-order valence-corrected chi connectivity index (χ4v) is 1.61. The summed E-state index contributed by atoms with van der Waals surface area (Å²) in [6.45, 7) is 6.13. The normalized spacial score (nSPS) is 10.2. The molecule has 0 saturated carbocycles. The molecule has 1 aromatic rings. The Bertz CT molecular complexity index is 270. The molecule has 0 atom stereocenters. The van der Waals surface area contributed by atoms with E-state index in [2.05, 4.69) is 29.8 Å². The van der Waals surface area contributed by atoms with Gasteiger partial charge in [-0.2, -0.15) is 0 Å². The molecule has 0 N–H and O–H groups in total. The van der Waals surface area contributed by atoms with Crippen LogP contribution in [0, 0.1) is 6.92 Å². The largest absolute Gasteiger partial charge is 0.355 e. The Balaban J connectivity index is 2.75. The highest BCUT2D eigenvalue weighted by atomic mass is 35.5. The molecule has 0 aliphatic rings. The van der Waals surface area contributed by atoms with Crippen LogP contribution in [-0.4, -0.2) is 24.0 Å². The van der Waals surface area contributed by atoms with Gasteiger partial charge in [-0.25, -0.2) is 4.98 Å². The van der Waals surface area contributed by atoms with Gasteiger partial charge in [-0.1, -0.05) is 6.92 Å². The Hall–Kier alpha value is -0.760. The molecule has 0 radical (unpaired) electrons. The van der Waals surface area contributed by atoms with Crippen LogP contribution in [0.2, 0.25) is 0 Å². The second-order valence-electron chi connectivity index (χ2n) is 3.37. The summed E-state index contributed by atoms with van der Waals surface area (Å²) >= 11 is 5.75. The second kappa shape index (κ2) is 5.86. The molecule has 3 heteroatoms. The minimum atomic E-state index is 0.648. The van der Waals surface area contributed by atoms with E-state index in [-0.39, 0.29) is 0 Å². The summed E-state index contributed by atoms with van der Waals surface area (Å²) < 4.78 is 0. The lowest BCUT2D eigenvalue weighted by atomic mass is 10.3. The molecule has 2 nitrogen and oxygen atoms in total. The van der Waals surface area contributed by atoms with Crippen molar-refractivity contribution in [1.29, 1.82) is 0 Å². The molecule has 0 unspecified atom stereocenters. The van der Waals surface area contributed by atoms with E-state index >= 15 is 0 Å². The number of halogens is 1. The zero-order valence-corrected chi connectivity index (χ0v) is 9.59. The van der Waals surface area contributed by atoms with Crippen molar-refractivity contribution in [1.82, 2.24) is 4.98 Å². The van der Waals surface area contributed by atoms with Crippen LogP contribution in [-0.2, 0) is 0 Å². The van der Waals surface area contributed by atoms with E-state index in [0.717, 1.165) is 25.3 Å². The average Bonchev–Trinajstić information content (AvgIpc) is 2.17. The lowest BCUT2D eigenvalue weighted by Gasteiger charge is -2.22. The van der Waals surface area contributed by atoms with Gasteiger partial charge in [-0.15, -0.1) is 11.6 Å². The quantitative estimate of drug-likeness (QED) is 0.698. The number of nitrogens with zero attached hydrogens (tertiary/aromatic N) is 2. The molecule has 14 heavy (non-hydrogen) atoms. The molecule has 1 rings (SSSR count). The monoisotopic (exact) mass is 212 g/mol. The zero-order valence-electron chi connectivity index (χ0n) is 8.83. The Morgan fingerprint density at radius 1 is 1.43 bits per heavy atom. The molecular formula is C11H17ClN2. The smallest absolute Gasteiger partial charge is 0.128 e. The van der Waals surface area contributed by atoms with Gasteiger partial charge in [0, 0.05) is 25.2 Å². The van der Waals surface area contributed by atoms with Gasteiger partial charge in [0.25, 0.3) is 0 Å². The van der Waals surface area contributed by atoms with Crippen LogP contribution in [0.25, 0.3) is 0 Å². The Kier molecular flexibility index (Phi) is 4.74. The molecule has 0 aliphatic heterocycles. The van der Waals surface area contributed by atoms with Gasteiger partial charge in [0.2, 0.25) is 0 Å². The van der Waals surface area contributed by atoms with E-state index in [1.54, 1.807) is 0 Å². The maximum absolute atomic E-state index is 5.75. The number of hydrogen-bond acceptors (Lipinski definition) is 2. The van der Waals surface area contributed by atoms with Gasteiger partial charge in [-0.05, 0) is 31.0 Å². The van der Waals surface area contributed by atoms with Crippen molar-refractivity contribution in [3.05, 3.63) is 23.9 Å². The fourth-order valence-electron chi connectivity index (χ4n) is 1.41. The molecule has 0 spiro atoms. The van der Waals surface area contributed by atoms with Crippen molar-refractivity contribution >= 4 is 17.4 Å².